The summed E-state index contributed by atoms with van der Waals surface area (Å²) in [5.41, 5.74) is 3.71. The van der Waals surface area contributed by atoms with Crippen LogP contribution in [0.2, 0.25) is 0 Å². The van der Waals surface area contributed by atoms with Crippen LogP contribution in [0.3, 0.4) is 0 Å². The number of carbonyl (C=O) groups excluding carboxylic acids is 2. The number of anilines is 1. The summed E-state index contributed by atoms with van der Waals surface area (Å²) in [6, 6.07) is 24.3. The third-order valence-electron chi connectivity index (χ3n) is 10.6. The molecule has 4 saturated carbocycles. The Balaban J connectivity index is 1.29. The van der Waals surface area contributed by atoms with Crippen LogP contribution in [0.1, 0.15) is 68.6 Å². The van der Waals surface area contributed by atoms with Crippen LogP contribution < -0.4 is 9.62 Å². The van der Waals surface area contributed by atoms with Gasteiger partial charge in [0.05, 0.1) is 11.9 Å². The molecule has 47 heavy (non-hydrogen) atoms. The van der Waals surface area contributed by atoms with Gasteiger partial charge >= 0.3 is 0 Å². The van der Waals surface area contributed by atoms with Crippen LogP contribution in [0.5, 0.6) is 0 Å². The van der Waals surface area contributed by atoms with Gasteiger partial charge in [-0.1, -0.05) is 77.5 Å². The van der Waals surface area contributed by atoms with Crippen molar-refractivity contribution in [2.24, 2.45) is 17.8 Å². The lowest BCUT2D eigenvalue weighted by Crippen LogP contribution is -2.53. The molecule has 7 rings (SSSR count). The van der Waals surface area contributed by atoms with Gasteiger partial charge in [0.1, 0.15) is 12.6 Å². The fourth-order valence-corrected chi connectivity index (χ4v) is 9.88. The molecule has 7 nitrogen and oxygen atoms in total. The van der Waals surface area contributed by atoms with E-state index in [1.54, 1.807) is 4.90 Å². The minimum atomic E-state index is -3.82. The lowest BCUT2D eigenvalue weighted by molar-refractivity contribution is -0.140. The molecule has 0 heterocycles. The molecule has 1 atom stereocenters. The van der Waals surface area contributed by atoms with Crippen LogP contribution in [-0.2, 0) is 38.0 Å². The van der Waals surface area contributed by atoms with Crippen molar-refractivity contribution in [1.82, 2.24) is 10.2 Å². The van der Waals surface area contributed by atoms with Crippen molar-refractivity contribution in [3.8, 4) is 0 Å². The maximum atomic E-state index is 14.4. The first kappa shape index (κ1) is 33.7. The zero-order valence-corrected chi connectivity index (χ0v) is 29.8. The molecule has 0 aromatic heterocycles. The number of carbonyl (C=O) groups is 2. The summed E-state index contributed by atoms with van der Waals surface area (Å²) in [5.74, 6) is 1.73. The molecule has 1 unspecified atom stereocenters. The van der Waals surface area contributed by atoms with Crippen molar-refractivity contribution in [2.75, 3.05) is 23.7 Å². The van der Waals surface area contributed by atoms with Crippen molar-refractivity contribution in [3.05, 3.63) is 100 Å². The second-order valence-corrected chi connectivity index (χ2v) is 17.0. The van der Waals surface area contributed by atoms with E-state index >= 15 is 0 Å². The average molecular weight is 721 g/mol. The van der Waals surface area contributed by atoms with Crippen LogP contribution in [0.25, 0.3) is 0 Å². The Morgan fingerprint density at radius 2 is 1.47 bits per heavy atom. The fraction of sp³-hybridized carbons (Fsp3) is 0.474. The third-order valence-corrected chi connectivity index (χ3v) is 12.2. The molecule has 1 N–H and O–H groups in total. The summed E-state index contributed by atoms with van der Waals surface area (Å²) < 4.78 is 28.7. The number of hydrogen-bond donors (Lipinski definition) is 1. The van der Waals surface area contributed by atoms with Gasteiger partial charge in [-0.15, -0.1) is 0 Å². The zero-order valence-electron chi connectivity index (χ0n) is 27.4. The number of benzene rings is 3. The van der Waals surface area contributed by atoms with Crippen molar-refractivity contribution in [3.63, 3.8) is 0 Å². The molecule has 3 aromatic carbocycles. The fourth-order valence-electron chi connectivity index (χ4n) is 8.77. The number of rotatable bonds is 13. The molecular weight excluding hydrogens is 674 g/mol. The van der Waals surface area contributed by atoms with E-state index in [0.717, 1.165) is 46.0 Å². The highest BCUT2D eigenvalue weighted by Gasteiger charge is 2.51. The van der Waals surface area contributed by atoms with Crippen LogP contribution in [0.15, 0.2) is 83.3 Å². The number of nitrogens with zero attached hydrogens (tertiary/aromatic N) is 2. The van der Waals surface area contributed by atoms with Crippen LogP contribution in [0.4, 0.5) is 5.69 Å². The maximum Gasteiger partial charge on any atom is 0.244 e. The quantitative estimate of drug-likeness (QED) is 0.210. The van der Waals surface area contributed by atoms with E-state index in [9.17, 15) is 18.0 Å². The van der Waals surface area contributed by atoms with E-state index in [1.807, 2.05) is 73.7 Å². The number of nitrogens with one attached hydrogen (secondary N) is 1. The minimum Gasteiger partial charge on any atom is -0.354 e. The predicted molar refractivity (Wildman–Crippen MR) is 190 cm³/mol. The Bertz CT molecular complexity index is 1630. The van der Waals surface area contributed by atoms with Gasteiger partial charge in [0.2, 0.25) is 21.8 Å². The topological polar surface area (TPSA) is 86.8 Å². The van der Waals surface area contributed by atoms with Crippen LogP contribution >= 0.6 is 15.9 Å². The van der Waals surface area contributed by atoms with E-state index in [-0.39, 0.29) is 17.9 Å². The molecule has 4 aliphatic carbocycles. The van der Waals surface area contributed by atoms with Crippen molar-refractivity contribution >= 4 is 43.5 Å². The van der Waals surface area contributed by atoms with Crippen molar-refractivity contribution in [1.29, 1.82) is 0 Å². The highest BCUT2D eigenvalue weighted by atomic mass is 79.9. The molecule has 0 radical (unpaired) electrons. The van der Waals surface area contributed by atoms with E-state index in [2.05, 4.69) is 33.4 Å². The highest BCUT2D eigenvalue weighted by molar-refractivity contribution is 9.10. The number of sulfonamides is 1. The third kappa shape index (κ3) is 7.78. The molecule has 4 bridgehead atoms. The summed E-state index contributed by atoms with van der Waals surface area (Å²) in [5, 5.41) is 2.99. The summed E-state index contributed by atoms with van der Waals surface area (Å²) in [4.78, 5) is 29.6. The lowest BCUT2D eigenvalue weighted by Gasteiger charge is -2.57. The van der Waals surface area contributed by atoms with Gasteiger partial charge in [-0.3, -0.25) is 13.9 Å². The second kappa shape index (κ2) is 14.1. The first-order valence-electron chi connectivity index (χ1n) is 17.0. The standard InChI is InChI=1S/C38H46BrN3O4S/c1-3-17-40-37(44)35(21-27-7-5-4-6-8-27)41(25-28-9-13-33(39)14-10-28)36(43)26-42(47(2,45)46)34-15-11-32(12-16-34)38-22-29-18-30(23-38)20-31(19-29)24-38/h4-16,29-31,35H,3,17-26H2,1-2H3,(H,40,44). The molecular formula is C38H46BrN3O4S. The number of hydrogen-bond acceptors (Lipinski definition) is 4. The van der Waals surface area contributed by atoms with Gasteiger partial charge in [0.25, 0.3) is 0 Å². The molecule has 250 valence electrons. The maximum absolute atomic E-state index is 14.4. The monoisotopic (exact) mass is 719 g/mol. The average Bonchev–Trinajstić information content (AvgIpc) is 3.04. The lowest BCUT2D eigenvalue weighted by atomic mass is 9.48. The van der Waals surface area contributed by atoms with Gasteiger partial charge in [0, 0.05) is 24.0 Å². The molecule has 3 aromatic rings. The molecule has 0 aliphatic heterocycles. The Kier molecular flexibility index (Phi) is 10.1. The van der Waals surface area contributed by atoms with Crippen LogP contribution in [-0.4, -0.2) is 50.5 Å². The Labute approximate surface area is 288 Å². The number of amides is 2. The Morgan fingerprint density at radius 3 is 2.02 bits per heavy atom. The van der Waals surface area contributed by atoms with Gasteiger partial charge in [-0.25, -0.2) is 8.42 Å². The normalized spacial score (nSPS) is 23.7. The molecule has 2 amide bonds. The predicted octanol–water partition coefficient (Wildman–Crippen LogP) is 6.85. The summed E-state index contributed by atoms with van der Waals surface area (Å²) >= 11 is 3.48. The van der Waals surface area contributed by atoms with Gasteiger partial charge in [-0.05, 0) is 109 Å². The second-order valence-electron chi connectivity index (χ2n) is 14.2. The van der Waals surface area contributed by atoms with Crippen molar-refractivity contribution in [2.45, 2.75) is 76.3 Å². The molecule has 0 spiro atoms. The van der Waals surface area contributed by atoms with Gasteiger partial charge < -0.3 is 10.2 Å². The van der Waals surface area contributed by atoms with Crippen molar-refractivity contribution < 1.29 is 18.0 Å². The Morgan fingerprint density at radius 1 is 0.872 bits per heavy atom. The molecule has 4 fully saturated rings. The van der Waals surface area contributed by atoms with Crippen LogP contribution in [0, 0.1) is 17.8 Å². The Hall–Kier alpha value is -3.17. The van der Waals surface area contributed by atoms with E-state index in [1.165, 1.54) is 48.4 Å². The van der Waals surface area contributed by atoms with E-state index in [4.69, 9.17) is 0 Å². The molecule has 4 aliphatic rings. The first-order valence-corrected chi connectivity index (χ1v) is 19.6. The summed E-state index contributed by atoms with van der Waals surface area (Å²) in [7, 11) is -3.82. The van der Waals surface area contributed by atoms with E-state index in [0.29, 0.717) is 18.7 Å². The summed E-state index contributed by atoms with van der Waals surface area (Å²) in [6.07, 6.45) is 9.95. The van der Waals surface area contributed by atoms with Gasteiger partial charge in [0.15, 0.2) is 0 Å². The minimum absolute atomic E-state index is 0.158. The number of halogens is 1. The summed E-state index contributed by atoms with van der Waals surface area (Å²) in [6.45, 7) is 2.22. The van der Waals surface area contributed by atoms with Gasteiger partial charge in [-0.2, -0.15) is 0 Å². The SMILES string of the molecule is CCCNC(=O)C(Cc1ccccc1)N(Cc1ccc(Br)cc1)C(=O)CN(c1ccc(C23CC4CC(CC(C4)C2)C3)cc1)S(C)(=O)=O. The smallest absolute Gasteiger partial charge is 0.244 e. The largest absolute Gasteiger partial charge is 0.354 e. The highest BCUT2D eigenvalue weighted by Crippen LogP contribution is 2.60. The molecule has 0 saturated heterocycles. The first-order chi connectivity index (χ1) is 22.5. The zero-order chi connectivity index (χ0) is 33.2. The van der Waals surface area contributed by atoms with E-state index < -0.39 is 28.5 Å². The molecule has 9 heteroatoms.